The van der Waals surface area contributed by atoms with Crippen LogP contribution in [-0.2, 0) is 10.3 Å². The lowest BCUT2D eigenvalue weighted by Gasteiger charge is -2.29. The average Bonchev–Trinajstić information content (AvgIpc) is 2.90. The van der Waals surface area contributed by atoms with Gasteiger partial charge in [-0.25, -0.2) is 0 Å². The van der Waals surface area contributed by atoms with Gasteiger partial charge >= 0.3 is 0 Å². The Morgan fingerprint density at radius 1 is 1.26 bits per heavy atom. The van der Waals surface area contributed by atoms with Gasteiger partial charge in [0, 0.05) is 19.1 Å². The first-order valence-corrected chi connectivity index (χ1v) is 7.38. The van der Waals surface area contributed by atoms with Gasteiger partial charge in [0.15, 0.2) is 5.82 Å². The minimum absolute atomic E-state index is 0.449. The summed E-state index contributed by atoms with van der Waals surface area (Å²) in [5.41, 5.74) is 5.89. The van der Waals surface area contributed by atoms with E-state index in [1.807, 2.05) is 0 Å². The number of hydrogen-bond acceptors (Lipinski definition) is 5. The summed E-state index contributed by atoms with van der Waals surface area (Å²) >= 11 is 0. The number of hydrogen-bond donors (Lipinski definition) is 1. The van der Waals surface area contributed by atoms with Gasteiger partial charge in [-0.05, 0) is 31.6 Å². The smallest absolute Gasteiger partial charge is 0.246 e. The van der Waals surface area contributed by atoms with Crippen LogP contribution in [0.3, 0.4) is 0 Å². The third kappa shape index (κ3) is 2.67. The van der Waals surface area contributed by atoms with Crippen LogP contribution >= 0.6 is 0 Å². The normalized spacial score (nSPS) is 31.3. The molecule has 2 heterocycles. The maximum absolute atomic E-state index is 6.37. The van der Waals surface area contributed by atoms with E-state index in [2.05, 4.69) is 17.1 Å². The lowest BCUT2D eigenvalue weighted by Crippen LogP contribution is -2.42. The molecule has 2 N–H and O–H groups in total. The highest BCUT2D eigenvalue weighted by Gasteiger charge is 2.36. The van der Waals surface area contributed by atoms with Crippen molar-refractivity contribution in [2.24, 2.45) is 11.7 Å². The highest BCUT2D eigenvalue weighted by Crippen LogP contribution is 2.36. The van der Waals surface area contributed by atoms with E-state index in [4.69, 9.17) is 15.0 Å². The van der Waals surface area contributed by atoms with Crippen molar-refractivity contribution in [3.05, 3.63) is 11.7 Å². The van der Waals surface area contributed by atoms with Crippen molar-refractivity contribution in [1.82, 2.24) is 10.1 Å². The lowest BCUT2D eigenvalue weighted by molar-refractivity contribution is 0.0400. The van der Waals surface area contributed by atoms with E-state index in [1.165, 1.54) is 25.7 Å². The summed E-state index contributed by atoms with van der Waals surface area (Å²) in [5, 5.41) is 4.19. The summed E-state index contributed by atoms with van der Waals surface area (Å²) < 4.78 is 10.8. The van der Waals surface area contributed by atoms with Gasteiger partial charge in [-0.1, -0.05) is 24.9 Å². The largest absolute Gasteiger partial charge is 0.381 e. The Hall–Kier alpha value is -0.940. The topological polar surface area (TPSA) is 74.2 Å². The molecule has 19 heavy (non-hydrogen) atoms. The Labute approximate surface area is 113 Å². The molecule has 0 aromatic carbocycles. The summed E-state index contributed by atoms with van der Waals surface area (Å²) in [7, 11) is 0. The molecule has 0 amide bonds. The Bertz CT molecular complexity index is 426. The van der Waals surface area contributed by atoms with Gasteiger partial charge in [0.2, 0.25) is 5.89 Å². The minimum Gasteiger partial charge on any atom is -0.381 e. The zero-order valence-electron chi connectivity index (χ0n) is 11.6. The molecule has 0 spiro atoms. The van der Waals surface area contributed by atoms with E-state index < -0.39 is 5.54 Å². The predicted octanol–water partition coefficient (Wildman–Crippen LogP) is 2.33. The molecule has 2 fully saturated rings. The molecule has 2 unspecified atom stereocenters. The van der Waals surface area contributed by atoms with Crippen LogP contribution in [0.25, 0.3) is 0 Å². The number of nitrogens with zero attached hydrogens (tertiary/aromatic N) is 2. The molecule has 2 atom stereocenters. The van der Waals surface area contributed by atoms with Crippen molar-refractivity contribution < 1.29 is 9.26 Å². The molecular weight excluding hydrogens is 242 g/mol. The molecule has 1 saturated carbocycles. The van der Waals surface area contributed by atoms with E-state index in [-0.39, 0.29) is 0 Å². The molecule has 1 aromatic rings. The molecule has 106 valence electrons. The monoisotopic (exact) mass is 265 g/mol. The maximum atomic E-state index is 6.37. The van der Waals surface area contributed by atoms with Crippen LogP contribution in [0.15, 0.2) is 4.52 Å². The molecule has 5 heteroatoms. The second kappa shape index (κ2) is 5.21. The Morgan fingerprint density at radius 2 is 2.05 bits per heavy atom. The van der Waals surface area contributed by atoms with Gasteiger partial charge in [-0.2, -0.15) is 4.98 Å². The molecule has 2 aliphatic rings. The number of nitrogens with two attached hydrogens (primary N) is 1. The molecule has 1 saturated heterocycles. The van der Waals surface area contributed by atoms with Gasteiger partial charge in [0.05, 0.1) is 0 Å². The highest BCUT2D eigenvalue weighted by molar-refractivity contribution is 5.06. The van der Waals surface area contributed by atoms with Crippen molar-refractivity contribution >= 4 is 0 Å². The molecule has 1 aliphatic carbocycles. The SMILES string of the molecule is CC1CCCC(c2noc(C3(N)CCOCC3)n2)C1. The Balaban J connectivity index is 1.75. The zero-order chi connectivity index (χ0) is 13.3. The van der Waals surface area contributed by atoms with Crippen LogP contribution in [-0.4, -0.2) is 23.4 Å². The van der Waals surface area contributed by atoms with Crippen molar-refractivity contribution in [3.8, 4) is 0 Å². The van der Waals surface area contributed by atoms with Crippen LogP contribution in [0.2, 0.25) is 0 Å². The van der Waals surface area contributed by atoms with Gasteiger partial charge in [0.1, 0.15) is 5.54 Å². The molecule has 1 aromatic heterocycles. The lowest BCUT2D eigenvalue weighted by atomic mass is 9.82. The summed E-state index contributed by atoms with van der Waals surface area (Å²) in [6.45, 7) is 3.65. The molecule has 0 bridgehead atoms. The van der Waals surface area contributed by atoms with E-state index >= 15 is 0 Å². The summed E-state index contributed by atoms with van der Waals surface area (Å²) in [6.07, 6.45) is 6.44. The molecule has 0 radical (unpaired) electrons. The fourth-order valence-electron chi connectivity index (χ4n) is 3.22. The Morgan fingerprint density at radius 3 is 2.79 bits per heavy atom. The fraction of sp³-hybridized carbons (Fsp3) is 0.857. The number of aromatic nitrogens is 2. The van der Waals surface area contributed by atoms with E-state index in [0.717, 1.165) is 24.6 Å². The molecule has 1 aliphatic heterocycles. The van der Waals surface area contributed by atoms with E-state index in [9.17, 15) is 0 Å². The zero-order valence-corrected chi connectivity index (χ0v) is 11.6. The average molecular weight is 265 g/mol. The Kier molecular flexibility index (Phi) is 3.58. The van der Waals surface area contributed by atoms with E-state index in [1.54, 1.807) is 0 Å². The van der Waals surface area contributed by atoms with Crippen molar-refractivity contribution in [2.45, 2.75) is 56.9 Å². The molecule has 5 nitrogen and oxygen atoms in total. The third-order valence-electron chi connectivity index (χ3n) is 4.55. The number of rotatable bonds is 2. The van der Waals surface area contributed by atoms with Gasteiger partial charge in [0.25, 0.3) is 0 Å². The second-order valence-corrected chi connectivity index (χ2v) is 6.19. The summed E-state index contributed by atoms with van der Waals surface area (Å²) in [5.74, 6) is 2.67. The van der Waals surface area contributed by atoms with Crippen molar-refractivity contribution in [1.29, 1.82) is 0 Å². The van der Waals surface area contributed by atoms with Crippen molar-refractivity contribution in [2.75, 3.05) is 13.2 Å². The summed E-state index contributed by atoms with van der Waals surface area (Å²) in [4.78, 5) is 4.61. The van der Waals surface area contributed by atoms with Crippen LogP contribution < -0.4 is 5.73 Å². The minimum atomic E-state index is -0.482. The predicted molar refractivity (Wildman–Crippen MR) is 70.6 cm³/mol. The first kappa shape index (κ1) is 13.1. The quantitative estimate of drug-likeness (QED) is 0.888. The van der Waals surface area contributed by atoms with Crippen LogP contribution in [0.5, 0.6) is 0 Å². The molecular formula is C14H23N3O2. The number of ether oxygens (including phenoxy) is 1. The van der Waals surface area contributed by atoms with Crippen molar-refractivity contribution in [3.63, 3.8) is 0 Å². The summed E-state index contributed by atoms with van der Waals surface area (Å²) in [6, 6.07) is 0. The van der Waals surface area contributed by atoms with Crippen LogP contribution in [0.1, 0.15) is 63.1 Å². The fourth-order valence-corrected chi connectivity index (χ4v) is 3.22. The maximum Gasteiger partial charge on any atom is 0.246 e. The van der Waals surface area contributed by atoms with E-state index in [0.29, 0.717) is 25.0 Å². The van der Waals surface area contributed by atoms with Gasteiger partial charge < -0.3 is 15.0 Å². The first-order chi connectivity index (χ1) is 9.17. The standard InChI is InChI=1S/C14H23N3O2/c1-10-3-2-4-11(9-10)12-16-13(19-17-12)14(15)5-7-18-8-6-14/h10-11H,2-9,15H2,1H3. The molecule has 3 rings (SSSR count). The third-order valence-corrected chi connectivity index (χ3v) is 4.55. The van der Waals surface area contributed by atoms with Gasteiger partial charge in [-0.15, -0.1) is 0 Å². The van der Waals surface area contributed by atoms with Gasteiger partial charge in [-0.3, -0.25) is 0 Å². The van der Waals surface area contributed by atoms with Crippen LogP contribution in [0, 0.1) is 5.92 Å². The van der Waals surface area contributed by atoms with Crippen LogP contribution in [0.4, 0.5) is 0 Å². The highest BCUT2D eigenvalue weighted by atomic mass is 16.5. The second-order valence-electron chi connectivity index (χ2n) is 6.19. The first-order valence-electron chi connectivity index (χ1n) is 7.38.